The number of aromatic nitrogens is 4. The van der Waals surface area contributed by atoms with Crippen LogP contribution in [0.25, 0.3) is 32.9 Å². The van der Waals surface area contributed by atoms with Crippen LogP contribution >= 0.6 is 11.6 Å². The van der Waals surface area contributed by atoms with Crippen LogP contribution in [0.4, 0.5) is 16.2 Å². The molecule has 2 aromatic carbocycles. The van der Waals surface area contributed by atoms with Crippen LogP contribution in [0.3, 0.4) is 0 Å². The zero-order valence-corrected chi connectivity index (χ0v) is 20.4. The number of nitrogen functional groups attached to an aromatic ring is 1. The van der Waals surface area contributed by atoms with E-state index in [0.717, 1.165) is 16.5 Å². The van der Waals surface area contributed by atoms with Gasteiger partial charge in [-0.1, -0.05) is 24.2 Å². The lowest BCUT2D eigenvalue weighted by molar-refractivity contribution is -0.127. The van der Waals surface area contributed by atoms with Crippen molar-refractivity contribution >= 4 is 51.1 Å². The highest BCUT2D eigenvalue weighted by molar-refractivity contribution is 6.35. The van der Waals surface area contributed by atoms with Crippen molar-refractivity contribution in [3.63, 3.8) is 0 Å². The Morgan fingerprint density at radius 3 is 2.63 bits per heavy atom. The molecule has 0 aliphatic carbocycles. The largest absolute Gasteiger partial charge is 0.368 e. The zero-order chi connectivity index (χ0) is 25.0. The molecule has 3 heterocycles. The van der Waals surface area contributed by atoms with Gasteiger partial charge in [0.05, 0.1) is 16.7 Å². The molecule has 35 heavy (non-hydrogen) atoms. The number of aryl methyl sites for hydroxylation is 1. The molecule has 1 saturated heterocycles. The predicted octanol–water partition coefficient (Wildman–Crippen LogP) is 4.47. The van der Waals surface area contributed by atoms with E-state index >= 15 is 4.39 Å². The van der Waals surface area contributed by atoms with Gasteiger partial charge in [-0.05, 0) is 44.5 Å². The summed E-state index contributed by atoms with van der Waals surface area (Å²) in [7, 11) is 0. The first kappa shape index (κ1) is 23.0. The molecule has 0 bridgehead atoms. The number of carbonyl (C=O) groups is 1. The molecule has 0 saturated carbocycles. The molecule has 1 fully saturated rings. The number of hydrogen-bond acceptors (Lipinski definition) is 6. The highest BCUT2D eigenvalue weighted by Gasteiger charge is 2.34. The Morgan fingerprint density at radius 2 is 1.94 bits per heavy atom. The molecule has 4 aromatic rings. The van der Waals surface area contributed by atoms with Crippen molar-refractivity contribution in [2.75, 3.05) is 23.7 Å². The molecule has 3 N–H and O–H groups in total. The second-order valence-corrected chi connectivity index (χ2v) is 9.40. The number of halogens is 2. The summed E-state index contributed by atoms with van der Waals surface area (Å²) >= 11 is 6.75. The second-order valence-electron chi connectivity index (χ2n) is 8.99. The molecule has 1 aliphatic heterocycles. The van der Waals surface area contributed by atoms with Crippen LogP contribution in [0, 0.1) is 12.7 Å². The number of carbonyl (C=O) groups excluding carboxylic acids is 1. The maximum absolute atomic E-state index is 16.2. The van der Waals surface area contributed by atoms with Gasteiger partial charge in [-0.25, -0.2) is 9.37 Å². The van der Waals surface area contributed by atoms with Crippen LogP contribution in [0.1, 0.15) is 19.4 Å². The topological polar surface area (TPSA) is 104 Å². The third-order valence-electron chi connectivity index (χ3n) is 6.61. The van der Waals surface area contributed by atoms with Gasteiger partial charge in [-0.15, -0.1) is 0 Å². The van der Waals surface area contributed by atoms with Gasteiger partial charge < -0.3 is 15.5 Å². The van der Waals surface area contributed by atoms with Crippen molar-refractivity contribution in [3.05, 3.63) is 53.5 Å². The predicted molar refractivity (Wildman–Crippen MR) is 137 cm³/mol. The zero-order valence-electron chi connectivity index (χ0n) is 19.6. The number of amides is 1. The van der Waals surface area contributed by atoms with Crippen molar-refractivity contribution in [1.82, 2.24) is 25.1 Å². The van der Waals surface area contributed by atoms with E-state index in [-0.39, 0.29) is 40.0 Å². The molecule has 1 aliphatic rings. The molecular weight excluding hydrogens is 469 g/mol. The fourth-order valence-electron chi connectivity index (χ4n) is 5.13. The lowest BCUT2D eigenvalue weighted by atomic mass is 9.95. The van der Waals surface area contributed by atoms with Crippen molar-refractivity contribution in [2.24, 2.45) is 0 Å². The highest BCUT2D eigenvalue weighted by Crippen LogP contribution is 2.42. The second kappa shape index (κ2) is 8.49. The minimum absolute atomic E-state index is 0.0399. The van der Waals surface area contributed by atoms with Crippen LogP contribution in [0.2, 0.25) is 5.02 Å². The van der Waals surface area contributed by atoms with Gasteiger partial charge in [0.25, 0.3) is 0 Å². The van der Waals surface area contributed by atoms with E-state index in [2.05, 4.69) is 26.7 Å². The van der Waals surface area contributed by atoms with Crippen molar-refractivity contribution in [3.8, 4) is 11.1 Å². The summed E-state index contributed by atoms with van der Waals surface area (Å²) in [6.07, 6.45) is 2.97. The highest BCUT2D eigenvalue weighted by atomic mass is 35.5. The van der Waals surface area contributed by atoms with Gasteiger partial charge in [0, 0.05) is 47.1 Å². The van der Waals surface area contributed by atoms with Crippen molar-refractivity contribution in [1.29, 1.82) is 0 Å². The van der Waals surface area contributed by atoms with Gasteiger partial charge in [0.2, 0.25) is 11.9 Å². The van der Waals surface area contributed by atoms with Gasteiger partial charge >= 0.3 is 0 Å². The minimum Gasteiger partial charge on any atom is -0.368 e. The average Bonchev–Trinajstić information content (AvgIpc) is 3.29. The summed E-state index contributed by atoms with van der Waals surface area (Å²) in [4.78, 5) is 24.7. The Balaban J connectivity index is 1.71. The normalized spacial score (nSPS) is 18.4. The molecule has 180 valence electrons. The summed E-state index contributed by atoms with van der Waals surface area (Å²) in [5, 5.41) is 8.48. The van der Waals surface area contributed by atoms with Crippen LogP contribution in [0.15, 0.2) is 37.1 Å². The Bertz CT molecular complexity index is 1490. The van der Waals surface area contributed by atoms with E-state index in [9.17, 15) is 4.79 Å². The average molecular weight is 494 g/mol. The smallest absolute Gasteiger partial charge is 0.246 e. The number of hydrogen-bond donors (Lipinski definition) is 2. The third-order valence-corrected chi connectivity index (χ3v) is 6.91. The van der Waals surface area contributed by atoms with E-state index in [1.807, 2.05) is 37.8 Å². The third kappa shape index (κ3) is 3.67. The molecular formula is C25H25ClFN7O. The summed E-state index contributed by atoms with van der Waals surface area (Å²) in [5.74, 6) is -0.246. The maximum atomic E-state index is 16.2. The number of nitrogens with two attached hydrogens (primary N) is 1. The molecule has 0 spiro atoms. The van der Waals surface area contributed by atoms with Crippen LogP contribution in [-0.2, 0) is 4.79 Å². The number of H-pyrrole nitrogens is 1. The number of anilines is 2. The van der Waals surface area contributed by atoms with E-state index < -0.39 is 5.82 Å². The molecule has 5 rings (SSSR count). The number of piperazine rings is 1. The van der Waals surface area contributed by atoms with E-state index in [0.29, 0.717) is 29.9 Å². The standard InChI is InChI=1S/C25H25ClFN7O/c1-5-19(35)33-10-13(3)34(14(4)11-33)24-15-8-17(26)21(22(27)23(15)30-25(28)31-24)20-12(2)6-7-18-16(20)9-29-32-18/h5-9,13-14H,1,10-11H2,2-4H3,(H,29,32)(H2,28,30,31)/t13-,14+. The molecule has 8 nitrogen and oxygen atoms in total. The first-order valence-corrected chi connectivity index (χ1v) is 11.7. The number of nitrogens with zero attached hydrogens (tertiary/aromatic N) is 5. The van der Waals surface area contributed by atoms with Crippen LogP contribution in [0.5, 0.6) is 0 Å². The Hall–Kier alpha value is -3.72. The number of aromatic amines is 1. The molecule has 0 unspecified atom stereocenters. The van der Waals surface area contributed by atoms with E-state index in [1.165, 1.54) is 6.08 Å². The lowest BCUT2D eigenvalue weighted by Gasteiger charge is -2.45. The first-order valence-electron chi connectivity index (χ1n) is 11.3. The summed E-state index contributed by atoms with van der Waals surface area (Å²) in [6, 6.07) is 5.27. The van der Waals surface area contributed by atoms with E-state index in [4.69, 9.17) is 17.3 Å². The summed E-state index contributed by atoms with van der Waals surface area (Å²) in [6.45, 7) is 10.4. The monoisotopic (exact) mass is 493 g/mol. The number of nitrogens with one attached hydrogen (secondary N) is 1. The first-order chi connectivity index (χ1) is 16.7. The Labute approximate surface area is 206 Å². The fourth-order valence-corrected chi connectivity index (χ4v) is 5.42. The van der Waals surface area contributed by atoms with Crippen molar-refractivity contribution in [2.45, 2.75) is 32.9 Å². The maximum Gasteiger partial charge on any atom is 0.246 e. The summed E-state index contributed by atoms with van der Waals surface area (Å²) < 4.78 is 16.2. The van der Waals surface area contributed by atoms with Gasteiger partial charge in [-0.2, -0.15) is 10.1 Å². The van der Waals surface area contributed by atoms with Gasteiger partial charge in [-0.3, -0.25) is 9.89 Å². The molecule has 1 amide bonds. The number of benzene rings is 2. The van der Waals surface area contributed by atoms with E-state index in [1.54, 1.807) is 17.2 Å². The molecule has 2 atom stereocenters. The molecule has 2 aromatic heterocycles. The molecule has 10 heteroatoms. The van der Waals surface area contributed by atoms with Crippen LogP contribution in [-0.4, -0.2) is 56.1 Å². The van der Waals surface area contributed by atoms with Gasteiger partial charge in [0.15, 0.2) is 5.82 Å². The SMILES string of the molecule is C=CC(=O)N1C[C@@H](C)N(c2nc(N)nc3c(F)c(-c4c(C)ccc5[nH]ncc45)c(Cl)cc23)[C@@H](C)C1. The number of rotatable bonds is 3. The quantitative estimate of drug-likeness (QED) is 0.408. The Morgan fingerprint density at radius 1 is 1.23 bits per heavy atom. The molecule has 0 radical (unpaired) electrons. The lowest BCUT2D eigenvalue weighted by Crippen LogP contribution is -2.58. The van der Waals surface area contributed by atoms with Gasteiger partial charge in [0.1, 0.15) is 11.3 Å². The fraction of sp³-hybridized carbons (Fsp3) is 0.280. The summed E-state index contributed by atoms with van der Waals surface area (Å²) in [5.41, 5.74) is 8.70. The number of fused-ring (bicyclic) bond motifs is 2. The Kier molecular flexibility index (Phi) is 5.59. The minimum atomic E-state index is -0.569. The van der Waals surface area contributed by atoms with Crippen LogP contribution < -0.4 is 10.6 Å². The van der Waals surface area contributed by atoms with Crippen molar-refractivity contribution < 1.29 is 9.18 Å².